The van der Waals surface area contributed by atoms with Crippen molar-refractivity contribution in [3.8, 4) is 11.4 Å². The van der Waals surface area contributed by atoms with Gasteiger partial charge in [0.1, 0.15) is 12.4 Å². The number of guanidine groups is 1. The lowest BCUT2D eigenvalue weighted by molar-refractivity contribution is 0.0674. The van der Waals surface area contributed by atoms with Crippen LogP contribution in [0.15, 0.2) is 35.3 Å². The molecule has 2 heterocycles. The zero-order valence-corrected chi connectivity index (χ0v) is 13.8. The van der Waals surface area contributed by atoms with Crippen molar-refractivity contribution in [2.45, 2.75) is 6.54 Å². The average molecular weight is 367 g/mol. The van der Waals surface area contributed by atoms with Crippen molar-refractivity contribution in [2.75, 3.05) is 26.3 Å². The van der Waals surface area contributed by atoms with Gasteiger partial charge in [0.05, 0.1) is 13.2 Å². The van der Waals surface area contributed by atoms with Crippen LogP contribution in [0.25, 0.3) is 11.4 Å². The van der Waals surface area contributed by atoms with E-state index in [0.29, 0.717) is 37.4 Å². The van der Waals surface area contributed by atoms with E-state index in [1.807, 2.05) is 35.2 Å². The molecule has 0 spiro atoms. The fourth-order valence-corrected chi connectivity index (χ4v) is 2.13. The lowest BCUT2D eigenvalue weighted by atomic mass is 10.2. The summed E-state index contributed by atoms with van der Waals surface area (Å²) in [6, 6.07) is 9.82. The van der Waals surface area contributed by atoms with Gasteiger partial charge in [0.25, 0.3) is 0 Å². The van der Waals surface area contributed by atoms with Gasteiger partial charge in [-0.25, -0.2) is 9.98 Å². The van der Waals surface area contributed by atoms with Gasteiger partial charge in [0, 0.05) is 18.7 Å². The lowest BCUT2D eigenvalue weighted by Crippen LogP contribution is -2.44. The van der Waals surface area contributed by atoms with Gasteiger partial charge in [-0.05, 0) is 0 Å². The highest BCUT2D eigenvalue weighted by Crippen LogP contribution is 2.13. The summed E-state index contributed by atoms with van der Waals surface area (Å²) < 4.78 is 5.28. The van der Waals surface area contributed by atoms with Crippen molar-refractivity contribution < 1.29 is 4.74 Å². The molecule has 118 valence electrons. The van der Waals surface area contributed by atoms with Crippen LogP contribution < -0.4 is 5.73 Å². The zero-order chi connectivity index (χ0) is 14.5. The molecule has 3 rings (SSSR count). The molecule has 0 aliphatic carbocycles. The summed E-state index contributed by atoms with van der Waals surface area (Å²) in [6.07, 6.45) is 0. The van der Waals surface area contributed by atoms with Crippen LogP contribution in [0.2, 0.25) is 0 Å². The molecule has 2 aromatic rings. The smallest absolute Gasteiger partial charge is 0.191 e. The largest absolute Gasteiger partial charge is 0.378 e. The van der Waals surface area contributed by atoms with Gasteiger partial charge >= 0.3 is 0 Å². The molecule has 0 saturated carbocycles. The molecule has 1 fully saturated rings. The van der Waals surface area contributed by atoms with Gasteiger partial charge in [0.2, 0.25) is 0 Å². The third-order valence-electron chi connectivity index (χ3n) is 3.29. The highest BCUT2D eigenvalue weighted by molar-refractivity contribution is 8.93. The van der Waals surface area contributed by atoms with E-state index in [-0.39, 0.29) is 17.0 Å². The third kappa shape index (κ3) is 4.05. The topological polar surface area (TPSA) is 92.4 Å². The summed E-state index contributed by atoms with van der Waals surface area (Å²) in [6.45, 7) is 3.33. The number of aromatic amines is 1. The van der Waals surface area contributed by atoms with Crippen LogP contribution in [-0.2, 0) is 11.3 Å². The van der Waals surface area contributed by atoms with E-state index in [4.69, 9.17) is 10.5 Å². The van der Waals surface area contributed by atoms with Crippen LogP contribution in [0.5, 0.6) is 0 Å². The van der Waals surface area contributed by atoms with Gasteiger partial charge in [-0.3, -0.25) is 5.10 Å². The van der Waals surface area contributed by atoms with Crippen molar-refractivity contribution in [3.05, 3.63) is 36.2 Å². The molecule has 1 aliphatic heterocycles. The van der Waals surface area contributed by atoms with Gasteiger partial charge in [-0.15, -0.1) is 17.0 Å². The summed E-state index contributed by atoms with van der Waals surface area (Å²) >= 11 is 0. The number of morpholine rings is 1. The molecule has 1 aromatic carbocycles. The molecule has 1 aliphatic rings. The third-order valence-corrected chi connectivity index (χ3v) is 3.29. The number of aromatic nitrogens is 3. The van der Waals surface area contributed by atoms with Crippen molar-refractivity contribution in [1.29, 1.82) is 0 Å². The number of benzene rings is 1. The van der Waals surface area contributed by atoms with Crippen LogP contribution >= 0.6 is 17.0 Å². The number of hydrogen-bond acceptors (Lipinski definition) is 4. The van der Waals surface area contributed by atoms with E-state index in [1.54, 1.807) is 0 Å². The minimum atomic E-state index is 0. The second kappa shape index (κ2) is 7.90. The second-order valence-corrected chi connectivity index (χ2v) is 4.75. The van der Waals surface area contributed by atoms with E-state index in [1.165, 1.54) is 0 Å². The van der Waals surface area contributed by atoms with Crippen molar-refractivity contribution in [1.82, 2.24) is 20.1 Å². The highest BCUT2D eigenvalue weighted by Gasteiger charge is 2.12. The first-order valence-electron chi connectivity index (χ1n) is 6.92. The average Bonchev–Trinajstić information content (AvgIpc) is 3.03. The SMILES string of the molecule is Br.NC(=NCc1nc(-c2ccccc2)n[nH]1)N1CCOCC1. The maximum absolute atomic E-state index is 5.97. The first kappa shape index (κ1) is 16.4. The number of nitrogens with zero attached hydrogens (tertiary/aromatic N) is 4. The van der Waals surface area contributed by atoms with Crippen LogP contribution in [0.1, 0.15) is 5.82 Å². The number of nitrogens with two attached hydrogens (primary N) is 1. The van der Waals surface area contributed by atoms with Crippen molar-refractivity contribution >= 4 is 22.9 Å². The Balaban J connectivity index is 0.00000176. The predicted octanol–water partition coefficient (Wildman–Crippen LogP) is 1.20. The maximum atomic E-state index is 5.97. The molecule has 0 radical (unpaired) electrons. The van der Waals surface area contributed by atoms with Crippen molar-refractivity contribution in [2.24, 2.45) is 10.7 Å². The number of aliphatic imine (C=N–C) groups is 1. The Morgan fingerprint density at radius 1 is 1.27 bits per heavy atom. The molecule has 3 N–H and O–H groups in total. The minimum absolute atomic E-state index is 0. The Bertz CT molecular complexity index is 609. The van der Waals surface area contributed by atoms with Gasteiger partial charge in [-0.2, -0.15) is 5.10 Å². The maximum Gasteiger partial charge on any atom is 0.191 e. The summed E-state index contributed by atoms with van der Waals surface area (Å²) in [5, 5.41) is 7.09. The summed E-state index contributed by atoms with van der Waals surface area (Å²) in [5.74, 6) is 1.90. The van der Waals surface area contributed by atoms with Crippen LogP contribution in [0.3, 0.4) is 0 Å². The number of hydrogen-bond donors (Lipinski definition) is 2. The van der Waals surface area contributed by atoms with Gasteiger partial charge < -0.3 is 15.4 Å². The molecule has 7 nitrogen and oxygen atoms in total. The molecule has 8 heteroatoms. The Morgan fingerprint density at radius 3 is 2.73 bits per heavy atom. The van der Waals surface area contributed by atoms with Crippen LogP contribution in [0.4, 0.5) is 0 Å². The van der Waals surface area contributed by atoms with E-state index < -0.39 is 0 Å². The van der Waals surface area contributed by atoms with Crippen LogP contribution in [-0.4, -0.2) is 52.3 Å². The highest BCUT2D eigenvalue weighted by atomic mass is 79.9. The molecule has 22 heavy (non-hydrogen) atoms. The van der Waals surface area contributed by atoms with E-state index in [2.05, 4.69) is 20.2 Å². The monoisotopic (exact) mass is 366 g/mol. The fourth-order valence-electron chi connectivity index (χ4n) is 2.13. The summed E-state index contributed by atoms with van der Waals surface area (Å²) in [7, 11) is 0. The number of ether oxygens (including phenoxy) is 1. The van der Waals surface area contributed by atoms with Crippen molar-refractivity contribution in [3.63, 3.8) is 0 Å². The Labute approximate surface area is 139 Å². The van der Waals surface area contributed by atoms with Gasteiger partial charge in [0.15, 0.2) is 11.8 Å². The fraction of sp³-hybridized carbons (Fsp3) is 0.357. The van der Waals surface area contributed by atoms with Gasteiger partial charge in [-0.1, -0.05) is 30.3 Å². The van der Waals surface area contributed by atoms with E-state index in [9.17, 15) is 0 Å². The first-order chi connectivity index (χ1) is 10.3. The quantitative estimate of drug-likeness (QED) is 0.628. The number of nitrogens with one attached hydrogen (secondary N) is 1. The number of H-pyrrole nitrogens is 1. The van der Waals surface area contributed by atoms with Crippen LogP contribution in [0, 0.1) is 0 Å². The number of rotatable bonds is 3. The Hall–Kier alpha value is -1.93. The van der Waals surface area contributed by atoms with E-state index >= 15 is 0 Å². The zero-order valence-electron chi connectivity index (χ0n) is 12.1. The molecular weight excluding hydrogens is 348 g/mol. The molecule has 0 bridgehead atoms. The Morgan fingerprint density at radius 2 is 2.00 bits per heavy atom. The minimum Gasteiger partial charge on any atom is -0.378 e. The molecule has 0 unspecified atom stereocenters. The summed E-state index contributed by atoms with van der Waals surface area (Å²) in [4.78, 5) is 10.8. The molecule has 1 aromatic heterocycles. The number of halogens is 1. The Kier molecular flexibility index (Phi) is 5.91. The molecule has 0 atom stereocenters. The lowest BCUT2D eigenvalue weighted by Gasteiger charge is -2.27. The summed E-state index contributed by atoms with van der Waals surface area (Å²) in [5.41, 5.74) is 6.95. The standard InChI is InChI=1S/C14H18N6O.BrH/c15-14(20-6-8-21-9-7-20)16-10-12-17-13(19-18-12)11-4-2-1-3-5-11;/h1-5H,6-10H2,(H2,15,16)(H,17,18,19);1H. The predicted molar refractivity (Wildman–Crippen MR) is 89.9 cm³/mol. The molecular formula is C14H19BrN6O. The first-order valence-corrected chi connectivity index (χ1v) is 6.92. The second-order valence-electron chi connectivity index (χ2n) is 4.75. The normalized spacial score (nSPS) is 15.5. The van der Waals surface area contributed by atoms with E-state index in [0.717, 1.165) is 18.7 Å². The molecule has 1 saturated heterocycles. The molecule has 0 amide bonds.